The highest BCUT2D eigenvalue weighted by molar-refractivity contribution is 6.46. The van der Waals surface area contributed by atoms with Gasteiger partial charge in [-0.25, -0.2) is 0 Å². The van der Waals surface area contributed by atoms with E-state index >= 15 is 0 Å². The molecular formula is C31H33NO7. The molecule has 1 atom stereocenters. The lowest BCUT2D eigenvalue weighted by Gasteiger charge is -2.26. The fourth-order valence-corrected chi connectivity index (χ4v) is 4.58. The number of rotatable bonds is 10. The summed E-state index contributed by atoms with van der Waals surface area (Å²) in [4.78, 5) is 28.4. The molecule has 1 amide bonds. The fraction of sp³-hybridized carbons (Fsp3) is 0.290. The molecule has 0 aliphatic carbocycles. The number of hydrogen-bond donors (Lipinski definition) is 1. The summed E-state index contributed by atoms with van der Waals surface area (Å²) in [6.45, 7) is 4.66. The number of ketones is 1. The Kier molecular flexibility index (Phi) is 8.44. The average Bonchev–Trinajstić information content (AvgIpc) is 3.20. The van der Waals surface area contributed by atoms with E-state index in [0.717, 1.165) is 5.56 Å². The predicted molar refractivity (Wildman–Crippen MR) is 147 cm³/mol. The first-order valence-corrected chi connectivity index (χ1v) is 12.6. The van der Waals surface area contributed by atoms with Crippen molar-refractivity contribution in [2.24, 2.45) is 5.92 Å². The minimum atomic E-state index is -0.894. The zero-order valence-electron chi connectivity index (χ0n) is 22.8. The molecule has 1 fully saturated rings. The second kappa shape index (κ2) is 11.9. The van der Waals surface area contributed by atoms with Crippen molar-refractivity contribution in [1.29, 1.82) is 0 Å². The third kappa shape index (κ3) is 5.70. The lowest BCUT2D eigenvalue weighted by atomic mass is 9.94. The Labute approximate surface area is 228 Å². The van der Waals surface area contributed by atoms with Gasteiger partial charge in [-0.1, -0.05) is 50.2 Å². The van der Waals surface area contributed by atoms with Gasteiger partial charge in [-0.15, -0.1) is 0 Å². The van der Waals surface area contributed by atoms with Gasteiger partial charge >= 0.3 is 0 Å². The lowest BCUT2D eigenvalue weighted by molar-refractivity contribution is -0.140. The minimum absolute atomic E-state index is 0.0249. The van der Waals surface area contributed by atoms with E-state index in [1.54, 1.807) is 55.6 Å². The molecule has 1 aliphatic heterocycles. The monoisotopic (exact) mass is 531 g/mol. The molecule has 3 aromatic carbocycles. The van der Waals surface area contributed by atoms with Crippen molar-refractivity contribution in [3.63, 3.8) is 0 Å². The number of carbonyl (C=O) groups is 2. The highest BCUT2D eigenvalue weighted by Crippen LogP contribution is 2.43. The normalized spacial score (nSPS) is 16.5. The third-order valence-corrected chi connectivity index (χ3v) is 6.49. The van der Waals surface area contributed by atoms with Gasteiger partial charge in [-0.3, -0.25) is 9.59 Å². The Morgan fingerprint density at radius 2 is 1.59 bits per heavy atom. The van der Waals surface area contributed by atoms with Crippen LogP contribution >= 0.6 is 0 Å². The topological polar surface area (TPSA) is 94.5 Å². The van der Waals surface area contributed by atoms with E-state index in [2.05, 4.69) is 0 Å². The van der Waals surface area contributed by atoms with E-state index in [4.69, 9.17) is 18.9 Å². The first kappa shape index (κ1) is 27.6. The summed E-state index contributed by atoms with van der Waals surface area (Å²) in [5.41, 5.74) is 1.65. The van der Waals surface area contributed by atoms with Gasteiger partial charge in [0, 0.05) is 11.1 Å². The first-order valence-electron chi connectivity index (χ1n) is 12.6. The highest BCUT2D eigenvalue weighted by atomic mass is 16.5. The van der Waals surface area contributed by atoms with Crippen molar-refractivity contribution < 1.29 is 33.6 Å². The molecule has 0 spiro atoms. The van der Waals surface area contributed by atoms with E-state index in [9.17, 15) is 14.7 Å². The maximum atomic E-state index is 13.5. The number of hydrogen-bond acceptors (Lipinski definition) is 7. The van der Waals surface area contributed by atoms with Gasteiger partial charge in [-0.05, 0) is 41.8 Å². The molecule has 204 valence electrons. The summed E-state index contributed by atoms with van der Waals surface area (Å²) in [7, 11) is 4.59. The highest BCUT2D eigenvalue weighted by Gasteiger charge is 2.46. The van der Waals surface area contributed by atoms with Crippen LogP contribution in [0.2, 0.25) is 0 Å². The molecule has 8 nitrogen and oxygen atoms in total. The number of benzene rings is 3. The number of nitrogens with zero attached hydrogens (tertiary/aromatic N) is 1. The summed E-state index contributed by atoms with van der Waals surface area (Å²) in [6, 6.07) is 18.4. The van der Waals surface area contributed by atoms with Crippen molar-refractivity contribution in [1.82, 2.24) is 4.90 Å². The van der Waals surface area contributed by atoms with Crippen LogP contribution in [0.5, 0.6) is 23.0 Å². The maximum Gasteiger partial charge on any atom is 0.295 e. The van der Waals surface area contributed by atoms with E-state index < -0.39 is 17.7 Å². The molecule has 3 aromatic rings. The molecule has 0 bridgehead atoms. The third-order valence-electron chi connectivity index (χ3n) is 6.49. The van der Waals surface area contributed by atoms with Crippen molar-refractivity contribution >= 4 is 17.4 Å². The van der Waals surface area contributed by atoms with E-state index in [1.807, 2.05) is 32.0 Å². The van der Waals surface area contributed by atoms with E-state index in [-0.39, 0.29) is 17.9 Å². The van der Waals surface area contributed by atoms with Crippen LogP contribution in [0.3, 0.4) is 0 Å². The Morgan fingerprint density at radius 3 is 2.28 bits per heavy atom. The quantitative estimate of drug-likeness (QED) is 0.214. The molecule has 0 saturated carbocycles. The van der Waals surface area contributed by atoms with Gasteiger partial charge in [0.1, 0.15) is 17.3 Å². The van der Waals surface area contributed by atoms with Crippen molar-refractivity contribution in [3.8, 4) is 23.0 Å². The number of Topliss-reactive ketones (excluding diaryl/α,β-unsaturated/α-hetero) is 1. The van der Waals surface area contributed by atoms with Crippen molar-refractivity contribution in [2.75, 3.05) is 27.9 Å². The number of carbonyl (C=O) groups excluding carboxylic acids is 2. The SMILES string of the molecule is COc1ccccc1CN1C(=O)C(=O)/C(=C(\O)c2cccc(OCC(C)C)c2)C1c1ccc(OC)c(OC)c1. The molecule has 1 aliphatic rings. The van der Waals surface area contributed by atoms with Crippen LogP contribution in [-0.4, -0.2) is 49.6 Å². The predicted octanol–water partition coefficient (Wildman–Crippen LogP) is 5.37. The largest absolute Gasteiger partial charge is 0.507 e. The molecule has 0 aromatic heterocycles. The Balaban J connectivity index is 1.86. The Bertz CT molecular complexity index is 1400. The number of aliphatic hydroxyl groups excluding tert-OH is 1. The van der Waals surface area contributed by atoms with Gasteiger partial charge in [0.05, 0.1) is 46.1 Å². The van der Waals surface area contributed by atoms with Crippen molar-refractivity contribution in [2.45, 2.75) is 26.4 Å². The molecule has 8 heteroatoms. The van der Waals surface area contributed by atoms with Crippen LogP contribution in [0, 0.1) is 5.92 Å². The summed E-state index contributed by atoms with van der Waals surface area (Å²) in [5.74, 6) is 0.586. The van der Waals surface area contributed by atoms with Gasteiger partial charge in [0.2, 0.25) is 0 Å². The van der Waals surface area contributed by atoms with Crippen LogP contribution in [0.25, 0.3) is 5.76 Å². The van der Waals surface area contributed by atoms with Gasteiger partial charge < -0.3 is 29.0 Å². The Hall–Kier alpha value is -4.46. The van der Waals surface area contributed by atoms with Gasteiger partial charge in [-0.2, -0.15) is 0 Å². The minimum Gasteiger partial charge on any atom is -0.507 e. The maximum absolute atomic E-state index is 13.5. The zero-order valence-corrected chi connectivity index (χ0v) is 22.8. The molecule has 39 heavy (non-hydrogen) atoms. The Morgan fingerprint density at radius 1 is 0.872 bits per heavy atom. The molecule has 4 rings (SSSR count). The van der Waals surface area contributed by atoms with Crippen LogP contribution in [0.1, 0.15) is 36.6 Å². The second-order valence-electron chi connectivity index (χ2n) is 9.59. The van der Waals surface area contributed by atoms with Crippen LogP contribution in [0.4, 0.5) is 0 Å². The lowest BCUT2D eigenvalue weighted by Crippen LogP contribution is -2.29. The number of ether oxygens (including phenoxy) is 4. The van der Waals surface area contributed by atoms with Gasteiger partial charge in [0.25, 0.3) is 11.7 Å². The fourth-order valence-electron chi connectivity index (χ4n) is 4.58. The first-order chi connectivity index (χ1) is 18.8. The number of para-hydroxylation sites is 1. The van der Waals surface area contributed by atoms with E-state index in [0.29, 0.717) is 46.6 Å². The number of amides is 1. The smallest absolute Gasteiger partial charge is 0.295 e. The molecule has 1 unspecified atom stereocenters. The molecule has 1 saturated heterocycles. The summed E-state index contributed by atoms with van der Waals surface area (Å²) in [5, 5.41) is 11.5. The number of aliphatic hydroxyl groups is 1. The zero-order chi connectivity index (χ0) is 28.1. The van der Waals surface area contributed by atoms with Crippen molar-refractivity contribution in [3.05, 3.63) is 89.0 Å². The van der Waals surface area contributed by atoms with E-state index in [1.165, 1.54) is 19.1 Å². The van der Waals surface area contributed by atoms with Gasteiger partial charge in [0.15, 0.2) is 11.5 Å². The van der Waals surface area contributed by atoms with Crippen LogP contribution in [-0.2, 0) is 16.1 Å². The summed E-state index contributed by atoms with van der Waals surface area (Å²) < 4.78 is 22.2. The molecular weight excluding hydrogens is 498 g/mol. The summed E-state index contributed by atoms with van der Waals surface area (Å²) in [6.07, 6.45) is 0. The standard InChI is InChI=1S/C31H33NO7/c1-19(2)18-39-23-11-8-10-21(15-23)29(33)27-28(20-13-14-25(37-4)26(16-20)38-5)32(31(35)30(27)34)17-22-9-6-7-12-24(22)36-3/h6-16,19,28,33H,17-18H2,1-5H3/b29-27-. The molecule has 1 N–H and O–H groups in total. The number of likely N-dealkylation sites (tertiary alicyclic amines) is 1. The van der Waals surface area contributed by atoms with Crippen LogP contribution < -0.4 is 18.9 Å². The second-order valence-corrected chi connectivity index (χ2v) is 9.59. The summed E-state index contributed by atoms with van der Waals surface area (Å²) >= 11 is 0. The number of methoxy groups -OCH3 is 3. The molecule has 0 radical (unpaired) electrons. The average molecular weight is 532 g/mol. The molecule has 1 heterocycles. The van der Waals surface area contributed by atoms with Crippen LogP contribution in [0.15, 0.2) is 72.3 Å².